The molecule has 0 aromatic heterocycles. The normalized spacial score (nSPS) is 15.6. The van der Waals surface area contributed by atoms with Crippen LogP contribution in [0.25, 0.3) is 0 Å². The highest BCUT2D eigenvalue weighted by Gasteiger charge is 2.30. The number of carbonyl (C=O) groups excluding carboxylic acids is 2. The average Bonchev–Trinajstić information content (AvgIpc) is 3.12. The van der Waals surface area contributed by atoms with Crippen molar-refractivity contribution in [3.8, 4) is 0 Å². The zero-order chi connectivity index (χ0) is 12.6. The molecule has 0 unspecified atom stereocenters. The summed E-state index contributed by atoms with van der Waals surface area (Å²) in [5, 5.41) is 11.0. The molecule has 3 nitrogen and oxygen atoms in total. The summed E-state index contributed by atoms with van der Waals surface area (Å²) >= 11 is 0. The van der Waals surface area contributed by atoms with E-state index < -0.39 is 11.4 Å². The van der Waals surface area contributed by atoms with Gasteiger partial charge in [-0.2, -0.15) is 0 Å². The molecular formula is C14H15O3-. The Morgan fingerprint density at radius 3 is 2.12 bits per heavy atom. The van der Waals surface area contributed by atoms with Crippen LogP contribution in [0.15, 0.2) is 24.3 Å². The number of carboxylic acid groups (broad SMARTS) is 1. The summed E-state index contributed by atoms with van der Waals surface area (Å²) in [7, 11) is 0. The van der Waals surface area contributed by atoms with Crippen LogP contribution in [0.5, 0.6) is 0 Å². The fourth-order valence-electron chi connectivity index (χ4n) is 1.75. The van der Waals surface area contributed by atoms with Gasteiger partial charge in [0.25, 0.3) is 0 Å². The first kappa shape index (κ1) is 11.8. The number of carbonyl (C=O) groups is 2. The van der Waals surface area contributed by atoms with Crippen molar-refractivity contribution >= 4 is 11.8 Å². The summed E-state index contributed by atoms with van der Waals surface area (Å²) < 4.78 is 0. The minimum Gasteiger partial charge on any atom is -0.549 e. The van der Waals surface area contributed by atoms with E-state index in [0.29, 0.717) is 11.1 Å². The second-order valence-electron chi connectivity index (χ2n) is 5.13. The van der Waals surface area contributed by atoms with E-state index in [4.69, 9.17) is 0 Å². The predicted molar refractivity (Wildman–Crippen MR) is 61.5 cm³/mol. The molecule has 3 heteroatoms. The summed E-state index contributed by atoms with van der Waals surface area (Å²) in [5.41, 5.74) is 0.302. The van der Waals surface area contributed by atoms with E-state index in [1.807, 2.05) is 0 Å². The molecule has 1 aromatic rings. The van der Waals surface area contributed by atoms with E-state index in [1.165, 1.54) is 0 Å². The highest BCUT2D eigenvalue weighted by molar-refractivity contribution is 5.99. The van der Waals surface area contributed by atoms with Gasteiger partial charge in [0.15, 0.2) is 5.78 Å². The Kier molecular flexibility index (Phi) is 2.77. The van der Waals surface area contributed by atoms with Crippen molar-refractivity contribution in [2.24, 2.45) is 5.92 Å². The second-order valence-corrected chi connectivity index (χ2v) is 5.13. The van der Waals surface area contributed by atoms with Crippen LogP contribution >= 0.6 is 0 Å². The number of aliphatic carboxylic acids is 1. The third-order valence-corrected chi connectivity index (χ3v) is 3.35. The maximum absolute atomic E-state index is 11.8. The van der Waals surface area contributed by atoms with Crippen molar-refractivity contribution in [1.29, 1.82) is 0 Å². The lowest BCUT2D eigenvalue weighted by Gasteiger charge is -2.26. The van der Waals surface area contributed by atoms with Crippen LogP contribution in [-0.4, -0.2) is 11.8 Å². The lowest BCUT2D eigenvalue weighted by Crippen LogP contribution is -2.41. The lowest BCUT2D eigenvalue weighted by atomic mass is 9.84. The highest BCUT2D eigenvalue weighted by atomic mass is 16.4. The van der Waals surface area contributed by atoms with Gasteiger partial charge in [0.2, 0.25) is 0 Å². The van der Waals surface area contributed by atoms with Crippen molar-refractivity contribution < 1.29 is 14.7 Å². The van der Waals surface area contributed by atoms with E-state index in [1.54, 1.807) is 38.1 Å². The molecule has 0 atom stereocenters. The van der Waals surface area contributed by atoms with Crippen molar-refractivity contribution in [2.45, 2.75) is 32.1 Å². The van der Waals surface area contributed by atoms with Gasteiger partial charge in [-0.1, -0.05) is 38.1 Å². The van der Waals surface area contributed by atoms with Gasteiger partial charge in [0.1, 0.15) is 0 Å². The molecule has 0 aliphatic heterocycles. The van der Waals surface area contributed by atoms with E-state index >= 15 is 0 Å². The predicted octanol–water partition coefficient (Wildman–Crippen LogP) is 1.31. The van der Waals surface area contributed by atoms with Crippen LogP contribution in [-0.2, 0) is 10.2 Å². The summed E-state index contributed by atoms with van der Waals surface area (Å²) in [4.78, 5) is 22.8. The Labute approximate surface area is 100 Å². The topological polar surface area (TPSA) is 57.2 Å². The zero-order valence-electron chi connectivity index (χ0n) is 10.0. The third kappa shape index (κ3) is 2.23. The first-order valence-corrected chi connectivity index (χ1v) is 5.79. The molecule has 1 fully saturated rings. The SMILES string of the molecule is CC(C)(C(=O)[O-])c1ccc(C(=O)C2CC2)cc1. The highest BCUT2D eigenvalue weighted by Crippen LogP contribution is 2.33. The molecule has 0 amide bonds. The monoisotopic (exact) mass is 231 g/mol. The Bertz CT molecular complexity index is 453. The minimum absolute atomic E-state index is 0.169. The van der Waals surface area contributed by atoms with Crippen LogP contribution in [0, 0.1) is 5.92 Å². The molecule has 0 N–H and O–H groups in total. The van der Waals surface area contributed by atoms with Gasteiger partial charge in [-0.25, -0.2) is 0 Å². The fraction of sp³-hybridized carbons (Fsp3) is 0.429. The first-order chi connectivity index (χ1) is 7.93. The molecule has 0 saturated heterocycles. The van der Waals surface area contributed by atoms with Gasteiger partial charge < -0.3 is 9.90 Å². The largest absolute Gasteiger partial charge is 0.549 e. The quantitative estimate of drug-likeness (QED) is 0.734. The van der Waals surface area contributed by atoms with E-state index in [9.17, 15) is 14.7 Å². The Hall–Kier alpha value is -1.64. The summed E-state index contributed by atoms with van der Waals surface area (Å²) in [6, 6.07) is 6.82. The number of ketones is 1. The molecular weight excluding hydrogens is 216 g/mol. The van der Waals surface area contributed by atoms with Crippen molar-refractivity contribution in [1.82, 2.24) is 0 Å². The molecule has 0 spiro atoms. The van der Waals surface area contributed by atoms with Gasteiger partial charge >= 0.3 is 0 Å². The zero-order valence-corrected chi connectivity index (χ0v) is 10.0. The average molecular weight is 231 g/mol. The van der Waals surface area contributed by atoms with Crippen molar-refractivity contribution in [3.05, 3.63) is 35.4 Å². The van der Waals surface area contributed by atoms with Crippen LogP contribution in [0.1, 0.15) is 42.6 Å². The molecule has 17 heavy (non-hydrogen) atoms. The van der Waals surface area contributed by atoms with Crippen molar-refractivity contribution in [3.63, 3.8) is 0 Å². The molecule has 0 heterocycles. The lowest BCUT2D eigenvalue weighted by molar-refractivity contribution is -0.312. The number of carboxylic acids is 1. The third-order valence-electron chi connectivity index (χ3n) is 3.35. The summed E-state index contributed by atoms with van der Waals surface area (Å²) in [5.74, 6) is -0.753. The molecule has 0 radical (unpaired) electrons. The Morgan fingerprint density at radius 1 is 1.18 bits per heavy atom. The Morgan fingerprint density at radius 2 is 1.71 bits per heavy atom. The van der Waals surface area contributed by atoms with Crippen LogP contribution in [0.2, 0.25) is 0 Å². The number of rotatable bonds is 4. The van der Waals surface area contributed by atoms with Gasteiger partial charge in [-0.15, -0.1) is 0 Å². The maximum atomic E-state index is 11.8. The fourth-order valence-corrected chi connectivity index (χ4v) is 1.75. The second kappa shape index (κ2) is 3.99. The molecule has 0 bridgehead atoms. The number of benzene rings is 1. The summed E-state index contributed by atoms with van der Waals surface area (Å²) in [6.45, 7) is 3.19. The minimum atomic E-state index is -1.11. The smallest absolute Gasteiger partial charge is 0.165 e. The summed E-state index contributed by atoms with van der Waals surface area (Å²) in [6.07, 6.45) is 1.95. The van der Waals surface area contributed by atoms with Gasteiger partial charge in [-0.05, 0) is 18.4 Å². The Balaban J connectivity index is 2.23. The number of Topliss-reactive ketones (excluding diaryl/α,β-unsaturated/α-hetero) is 1. The maximum Gasteiger partial charge on any atom is 0.165 e. The van der Waals surface area contributed by atoms with Gasteiger partial charge in [0.05, 0.1) is 5.97 Å². The molecule has 2 rings (SSSR count). The van der Waals surface area contributed by atoms with Crippen molar-refractivity contribution in [2.75, 3.05) is 0 Å². The van der Waals surface area contributed by atoms with Crippen LogP contribution < -0.4 is 5.11 Å². The number of hydrogen-bond acceptors (Lipinski definition) is 3. The van der Waals surface area contributed by atoms with Crippen LogP contribution in [0.4, 0.5) is 0 Å². The van der Waals surface area contributed by atoms with Crippen LogP contribution in [0.3, 0.4) is 0 Å². The van der Waals surface area contributed by atoms with E-state index in [2.05, 4.69) is 0 Å². The van der Waals surface area contributed by atoms with E-state index in [-0.39, 0.29) is 11.7 Å². The first-order valence-electron chi connectivity index (χ1n) is 5.79. The molecule has 1 saturated carbocycles. The molecule has 1 aromatic carbocycles. The van der Waals surface area contributed by atoms with E-state index in [0.717, 1.165) is 12.8 Å². The van der Waals surface area contributed by atoms with Gasteiger partial charge in [0, 0.05) is 16.9 Å². The molecule has 1 aliphatic rings. The number of hydrogen-bond donors (Lipinski definition) is 0. The molecule has 1 aliphatic carbocycles. The molecule has 90 valence electrons. The standard InChI is InChI=1S/C14H16O3/c1-14(2,13(16)17)11-7-5-10(6-8-11)12(15)9-3-4-9/h5-9H,3-4H2,1-2H3,(H,16,17)/p-1. The van der Waals surface area contributed by atoms with Gasteiger partial charge in [-0.3, -0.25) is 4.79 Å².